The average Bonchev–Trinajstić information content (AvgIpc) is 3.09. The van der Waals surface area contributed by atoms with E-state index < -0.39 is 15.4 Å². The van der Waals surface area contributed by atoms with Crippen LogP contribution in [0, 0.1) is 18.3 Å². The van der Waals surface area contributed by atoms with Crippen LogP contribution < -0.4 is 0 Å². The van der Waals surface area contributed by atoms with E-state index in [1.54, 1.807) is 11.8 Å². The largest absolute Gasteiger partial charge is 0.396 e. The minimum atomic E-state index is -3.30. The molecule has 3 rings (SSSR count). The van der Waals surface area contributed by atoms with Gasteiger partial charge in [0.15, 0.2) is 0 Å². The lowest BCUT2D eigenvalue weighted by Crippen LogP contribution is -2.52. The summed E-state index contributed by atoms with van der Waals surface area (Å²) in [5.41, 5.74) is 0.344. The Morgan fingerprint density at radius 2 is 2.26 bits per heavy atom. The number of sulfonamides is 1. The highest BCUT2D eigenvalue weighted by Crippen LogP contribution is 2.43. The minimum Gasteiger partial charge on any atom is -0.396 e. The molecule has 0 radical (unpaired) electrons. The van der Waals surface area contributed by atoms with Crippen LogP contribution in [0.5, 0.6) is 0 Å². The normalized spacial score (nSPS) is 28.8. The zero-order valence-electron chi connectivity index (χ0n) is 13.2. The molecule has 0 aromatic carbocycles. The van der Waals surface area contributed by atoms with Gasteiger partial charge in [-0.3, -0.25) is 4.79 Å². The molecule has 2 aliphatic rings. The predicted molar refractivity (Wildman–Crippen MR) is 81.2 cm³/mol. The molecular weight excluding hydrogens is 322 g/mol. The second-order valence-electron chi connectivity index (χ2n) is 6.60. The number of nitrogens with zero attached hydrogens (tertiary/aromatic N) is 3. The quantitative estimate of drug-likeness (QED) is 0.808. The van der Waals surface area contributed by atoms with E-state index in [1.807, 2.05) is 0 Å². The number of carbonyl (C=O) groups excluding carboxylic acids is 1. The van der Waals surface area contributed by atoms with Crippen molar-refractivity contribution in [2.24, 2.45) is 11.3 Å². The number of carbonyl (C=O) groups is 1. The maximum Gasteiger partial charge on any atom is 0.259 e. The number of hydrogen-bond donors (Lipinski definition) is 1. The van der Waals surface area contributed by atoms with Crippen molar-refractivity contribution in [3.05, 3.63) is 17.5 Å². The summed E-state index contributed by atoms with van der Waals surface area (Å²) < 4.78 is 29.9. The Kier molecular flexibility index (Phi) is 3.97. The number of amides is 1. The molecule has 2 atom stereocenters. The van der Waals surface area contributed by atoms with Crippen LogP contribution in [-0.2, 0) is 10.0 Å². The van der Waals surface area contributed by atoms with Gasteiger partial charge in [-0.1, -0.05) is 5.16 Å². The molecule has 3 heterocycles. The van der Waals surface area contributed by atoms with Gasteiger partial charge >= 0.3 is 0 Å². The van der Waals surface area contributed by atoms with Crippen molar-refractivity contribution in [3.8, 4) is 0 Å². The van der Waals surface area contributed by atoms with Crippen molar-refractivity contribution in [1.82, 2.24) is 14.4 Å². The lowest BCUT2D eigenvalue weighted by molar-refractivity contribution is 0.0128. The zero-order chi connectivity index (χ0) is 16.8. The van der Waals surface area contributed by atoms with E-state index in [0.717, 1.165) is 0 Å². The van der Waals surface area contributed by atoms with E-state index in [9.17, 15) is 18.3 Å². The number of likely N-dealkylation sites (tertiary alicyclic amines) is 1. The lowest BCUT2D eigenvalue weighted by atomic mass is 9.74. The molecule has 1 amide bonds. The smallest absolute Gasteiger partial charge is 0.259 e. The maximum absolute atomic E-state index is 12.6. The highest BCUT2D eigenvalue weighted by Gasteiger charge is 2.52. The van der Waals surface area contributed by atoms with Crippen LogP contribution in [0.25, 0.3) is 0 Å². The highest BCUT2D eigenvalue weighted by molar-refractivity contribution is 7.88. The molecule has 128 valence electrons. The van der Waals surface area contributed by atoms with E-state index in [0.29, 0.717) is 37.3 Å². The lowest BCUT2D eigenvalue weighted by Gasteiger charge is -2.43. The van der Waals surface area contributed by atoms with Crippen LogP contribution in [-0.4, -0.2) is 72.8 Å². The maximum atomic E-state index is 12.6. The number of fused-ring (bicyclic) bond motifs is 1. The molecule has 2 fully saturated rings. The van der Waals surface area contributed by atoms with Crippen LogP contribution in [0.4, 0.5) is 0 Å². The monoisotopic (exact) mass is 343 g/mol. The van der Waals surface area contributed by atoms with Gasteiger partial charge in [0.1, 0.15) is 11.8 Å². The summed E-state index contributed by atoms with van der Waals surface area (Å²) in [5, 5.41) is 13.7. The molecule has 0 aliphatic carbocycles. The molecule has 0 unspecified atom stereocenters. The first-order valence-electron chi connectivity index (χ1n) is 7.53. The van der Waals surface area contributed by atoms with Crippen molar-refractivity contribution in [3.63, 3.8) is 0 Å². The molecule has 8 nitrogen and oxygen atoms in total. The molecule has 1 aromatic heterocycles. The van der Waals surface area contributed by atoms with Gasteiger partial charge < -0.3 is 14.5 Å². The van der Waals surface area contributed by atoms with Crippen LogP contribution in [0.1, 0.15) is 22.5 Å². The Bertz CT molecular complexity index is 716. The van der Waals surface area contributed by atoms with Crippen molar-refractivity contribution in [2.75, 3.05) is 39.0 Å². The molecule has 1 N–H and O–H groups in total. The third kappa shape index (κ3) is 2.77. The second-order valence-corrected chi connectivity index (χ2v) is 8.58. The number of rotatable bonds is 3. The first-order chi connectivity index (χ1) is 10.8. The third-order valence-corrected chi connectivity index (χ3v) is 6.30. The van der Waals surface area contributed by atoms with Gasteiger partial charge in [0.2, 0.25) is 10.0 Å². The Morgan fingerprint density at radius 3 is 2.83 bits per heavy atom. The van der Waals surface area contributed by atoms with E-state index in [4.69, 9.17) is 4.52 Å². The van der Waals surface area contributed by atoms with E-state index >= 15 is 0 Å². The molecule has 0 bridgehead atoms. The second kappa shape index (κ2) is 5.57. The molecular formula is C14H21N3O5S. The molecule has 1 aromatic rings. The molecule has 0 spiro atoms. The summed E-state index contributed by atoms with van der Waals surface area (Å²) in [6.07, 6.45) is 3.17. The molecule has 2 saturated heterocycles. The number of aromatic nitrogens is 1. The zero-order valence-corrected chi connectivity index (χ0v) is 14.0. The fourth-order valence-electron chi connectivity index (χ4n) is 3.65. The minimum absolute atomic E-state index is 0.0647. The van der Waals surface area contributed by atoms with Crippen molar-refractivity contribution < 1.29 is 22.8 Å². The van der Waals surface area contributed by atoms with Gasteiger partial charge in [0.05, 0.1) is 18.6 Å². The van der Waals surface area contributed by atoms with E-state index in [2.05, 4.69) is 5.16 Å². The van der Waals surface area contributed by atoms with Gasteiger partial charge in [0, 0.05) is 31.6 Å². The summed E-state index contributed by atoms with van der Waals surface area (Å²) in [6.45, 7) is 3.09. The SMILES string of the molecule is Cc1nocc1C(=O)N1CC[C@H]2CN(S(C)(=O)=O)C[C@@]2(CO)C1. The molecule has 9 heteroatoms. The van der Waals surface area contributed by atoms with Gasteiger partial charge in [-0.15, -0.1) is 0 Å². The van der Waals surface area contributed by atoms with Gasteiger partial charge in [-0.25, -0.2) is 12.7 Å². The first-order valence-corrected chi connectivity index (χ1v) is 9.38. The van der Waals surface area contributed by atoms with Crippen molar-refractivity contribution in [1.29, 1.82) is 0 Å². The van der Waals surface area contributed by atoms with E-state index in [1.165, 1.54) is 16.8 Å². The summed E-state index contributed by atoms with van der Waals surface area (Å²) in [6, 6.07) is 0. The summed E-state index contributed by atoms with van der Waals surface area (Å²) in [5.74, 6) is -0.123. The number of aryl methyl sites for hydroxylation is 1. The topological polar surface area (TPSA) is 104 Å². The molecule has 23 heavy (non-hydrogen) atoms. The number of aliphatic hydroxyl groups excluding tert-OH is 1. The fraction of sp³-hybridized carbons (Fsp3) is 0.714. The average molecular weight is 343 g/mol. The van der Waals surface area contributed by atoms with Crippen molar-refractivity contribution >= 4 is 15.9 Å². The third-order valence-electron chi connectivity index (χ3n) is 5.09. The number of piperidine rings is 1. The van der Waals surface area contributed by atoms with Gasteiger partial charge in [-0.05, 0) is 19.3 Å². The Balaban J connectivity index is 1.83. The Hall–Kier alpha value is -1.45. The van der Waals surface area contributed by atoms with Crippen molar-refractivity contribution in [2.45, 2.75) is 13.3 Å². The van der Waals surface area contributed by atoms with Crippen LogP contribution >= 0.6 is 0 Å². The Morgan fingerprint density at radius 1 is 1.52 bits per heavy atom. The summed E-state index contributed by atoms with van der Waals surface area (Å²) in [4.78, 5) is 14.3. The fourth-order valence-corrected chi connectivity index (χ4v) is 4.60. The predicted octanol–water partition coefficient (Wildman–Crippen LogP) is -0.301. The number of aliphatic hydroxyl groups is 1. The molecule has 2 aliphatic heterocycles. The number of hydrogen-bond acceptors (Lipinski definition) is 6. The summed E-state index contributed by atoms with van der Waals surface area (Å²) in [7, 11) is -3.30. The Labute approximate surface area is 135 Å². The molecule has 0 saturated carbocycles. The van der Waals surface area contributed by atoms with Gasteiger partial charge in [0.25, 0.3) is 5.91 Å². The van der Waals surface area contributed by atoms with Gasteiger partial charge in [-0.2, -0.15) is 0 Å². The van der Waals surface area contributed by atoms with E-state index in [-0.39, 0.29) is 25.0 Å². The highest BCUT2D eigenvalue weighted by atomic mass is 32.2. The van der Waals surface area contributed by atoms with Crippen LogP contribution in [0.3, 0.4) is 0 Å². The van der Waals surface area contributed by atoms with Crippen LogP contribution in [0.15, 0.2) is 10.8 Å². The standard InChI is InChI=1S/C14H21N3O5S/c1-10-12(6-22-15-10)13(19)16-4-3-11-5-17(23(2,20)21)8-14(11,7-16)9-18/h6,11,18H,3-5,7-9H2,1-2H3/t11-,14+/m0/s1. The first kappa shape index (κ1) is 16.4. The summed E-state index contributed by atoms with van der Waals surface area (Å²) >= 11 is 0. The van der Waals surface area contributed by atoms with Crippen LogP contribution in [0.2, 0.25) is 0 Å².